The molecule has 21 heavy (non-hydrogen) atoms. The summed E-state index contributed by atoms with van der Waals surface area (Å²) in [5.74, 6) is -0.0164. The third-order valence-corrected chi connectivity index (χ3v) is 4.05. The highest BCUT2D eigenvalue weighted by atomic mass is 32.1. The van der Waals surface area contributed by atoms with E-state index in [1.807, 2.05) is 25.1 Å². The molecule has 0 saturated heterocycles. The molecule has 0 heterocycles. The number of nitrogens with zero attached hydrogens (tertiary/aromatic N) is 1. The molecule has 1 rings (SSSR count). The van der Waals surface area contributed by atoms with Crippen molar-refractivity contribution in [1.29, 1.82) is 0 Å². The maximum absolute atomic E-state index is 12.4. The zero-order valence-corrected chi connectivity index (χ0v) is 14.0. The molecule has 3 N–H and O–H groups in total. The summed E-state index contributed by atoms with van der Waals surface area (Å²) in [5, 5.41) is 2.93. The second-order valence-corrected chi connectivity index (χ2v) is 5.64. The van der Waals surface area contributed by atoms with Gasteiger partial charge in [0.2, 0.25) is 5.91 Å². The molecule has 2 unspecified atom stereocenters. The number of likely N-dealkylation sites (N-methyl/N-ethyl adjacent to an activating group) is 1. The number of anilines is 1. The van der Waals surface area contributed by atoms with Gasteiger partial charge < -0.3 is 11.1 Å². The van der Waals surface area contributed by atoms with Crippen molar-refractivity contribution in [3.8, 4) is 0 Å². The summed E-state index contributed by atoms with van der Waals surface area (Å²) in [6.45, 7) is 9.12. The predicted molar refractivity (Wildman–Crippen MR) is 92.6 cm³/mol. The van der Waals surface area contributed by atoms with Crippen molar-refractivity contribution in [1.82, 2.24) is 4.90 Å². The summed E-state index contributed by atoms with van der Waals surface area (Å²) in [6.07, 6.45) is 1.02. The molecule has 0 fully saturated rings. The average Bonchev–Trinajstić information content (AvgIpc) is 2.47. The Hall–Kier alpha value is -1.46. The van der Waals surface area contributed by atoms with Crippen LogP contribution in [-0.4, -0.2) is 34.4 Å². The number of hydrogen-bond acceptors (Lipinski definition) is 3. The van der Waals surface area contributed by atoms with Gasteiger partial charge in [-0.1, -0.05) is 38.2 Å². The molecule has 0 spiro atoms. The molecule has 1 aromatic carbocycles. The minimum absolute atomic E-state index is 0.0164. The smallest absolute Gasteiger partial charge is 0.241 e. The summed E-state index contributed by atoms with van der Waals surface area (Å²) in [5.41, 5.74) is 7.09. The Kier molecular flexibility index (Phi) is 6.78. The molecular formula is C16H25N3OS. The molecule has 116 valence electrons. The molecule has 1 amide bonds. The topological polar surface area (TPSA) is 58.4 Å². The van der Waals surface area contributed by atoms with E-state index in [1.165, 1.54) is 0 Å². The largest absolute Gasteiger partial charge is 0.389 e. The fraction of sp³-hybridized carbons (Fsp3) is 0.500. The van der Waals surface area contributed by atoms with Gasteiger partial charge in [-0.3, -0.25) is 9.69 Å². The van der Waals surface area contributed by atoms with Crippen molar-refractivity contribution in [3.63, 3.8) is 0 Å². The van der Waals surface area contributed by atoms with E-state index >= 15 is 0 Å². The second kappa shape index (κ2) is 8.10. The van der Waals surface area contributed by atoms with Crippen molar-refractivity contribution < 1.29 is 4.79 Å². The van der Waals surface area contributed by atoms with E-state index < -0.39 is 0 Å². The van der Waals surface area contributed by atoms with Gasteiger partial charge in [-0.2, -0.15) is 0 Å². The van der Waals surface area contributed by atoms with Crippen molar-refractivity contribution in [2.45, 2.75) is 46.2 Å². The Balaban J connectivity index is 2.80. The van der Waals surface area contributed by atoms with Gasteiger partial charge in [0.25, 0.3) is 0 Å². The van der Waals surface area contributed by atoms with Gasteiger partial charge in [0.05, 0.1) is 6.04 Å². The molecule has 0 aliphatic heterocycles. The highest BCUT2D eigenvalue weighted by molar-refractivity contribution is 7.80. The Morgan fingerprint density at radius 1 is 1.38 bits per heavy atom. The summed E-state index contributed by atoms with van der Waals surface area (Å²) in [7, 11) is 0. The summed E-state index contributed by atoms with van der Waals surface area (Å²) in [4.78, 5) is 14.9. The second-order valence-electron chi connectivity index (χ2n) is 5.20. The molecule has 1 aromatic rings. The number of thiocarbonyl (C=S) groups is 1. The van der Waals surface area contributed by atoms with E-state index in [0.717, 1.165) is 24.2 Å². The fourth-order valence-electron chi connectivity index (χ4n) is 2.35. The fourth-order valence-corrected chi connectivity index (χ4v) is 2.48. The molecule has 4 nitrogen and oxygen atoms in total. The first-order valence-corrected chi connectivity index (χ1v) is 7.78. The summed E-state index contributed by atoms with van der Waals surface area (Å²) < 4.78 is 0. The van der Waals surface area contributed by atoms with Crippen LogP contribution in [0.25, 0.3) is 0 Å². The van der Waals surface area contributed by atoms with Crippen molar-refractivity contribution in [2.24, 2.45) is 5.73 Å². The Morgan fingerprint density at radius 3 is 2.57 bits per heavy atom. The molecule has 0 aliphatic carbocycles. The van der Waals surface area contributed by atoms with Gasteiger partial charge in [-0.15, -0.1) is 0 Å². The number of benzene rings is 1. The third kappa shape index (κ3) is 4.79. The van der Waals surface area contributed by atoms with Crippen molar-refractivity contribution in [3.05, 3.63) is 29.8 Å². The zero-order valence-electron chi connectivity index (χ0n) is 13.2. The van der Waals surface area contributed by atoms with Gasteiger partial charge in [0.15, 0.2) is 0 Å². The number of carbonyl (C=O) groups excluding carboxylic acids is 1. The molecule has 0 aliphatic rings. The van der Waals surface area contributed by atoms with Crippen LogP contribution in [0, 0.1) is 0 Å². The van der Waals surface area contributed by atoms with E-state index in [9.17, 15) is 4.79 Å². The molecule has 0 radical (unpaired) electrons. The van der Waals surface area contributed by atoms with Crippen molar-refractivity contribution >= 4 is 28.8 Å². The highest BCUT2D eigenvalue weighted by Crippen LogP contribution is 2.14. The van der Waals surface area contributed by atoms with Crippen LogP contribution in [0.4, 0.5) is 5.69 Å². The lowest BCUT2D eigenvalue weighted by Gasteiger charge is -2.32. The summed E-state index contributed by atoms with van der Waals surface area (Å²) in [6, 6.07) is 7.50. The van der Waals surface area contributed by atoms with Crippen LogP contribution >= 0.6 is 12.2 Å². The first kappa shape index (κ1) is 17.6. The molecule has 0 saturated carbocycles. The Bertz CT molecular complexity index is 504. The van der Waals surface area contributed by atoms with Crippen LogP contribution in [0.5, 0.6) is 0 Å². The third-order valence-electron chi connectivity index (χ3n) is 3.81. The average molecular weight is 307 g/mol. The number of amides is 1. The number of hydrogen-bond donors (Lipinski definition) is 2. The highest BCUT2D eigenvalue weighted by Gasteiger charge is 2.23. The van der Waals surface area contributed by atoms with Crippen LogP contribution < -0.4 is 11.1 Å². The lowest BCUT2D eigenvalue weighted by atomic mass is 10.1. The molecular weight excluding hydrogens is 282 g/mol. The normalized spacial score (nSPS) is 13.8. The number of rotatable bonds is 7. The zero-order chi connectivity index (χ0) is 16.0. The van der Waals surface area contributed by atoms with Crippen LogP contribution in [0.3, 0.4) is 0 Å². The Labute approximate surface area is 132 Å². The minimum Gasteiger partial charge on any atom is -0.389 e. The van der Waals surface area contributed by atoms with Crippen LogP contribution in [0.2, 0.25) is 0 Å². The Morgan fingerprint density at radius 2 is 2.05 bits per heavy atom. The number of carbonyl (C=O) groups is 1. The van der Waals surface area contributed by atoms with Crippen LogP contribution in [0.1, 0.15) is 39.7 Å². The monoisotopic (exact) mass is 307 g/mol. The van der Waals surface area contributed by atoms with Crippen molar-refractivity contribution in [2.75, 3.05) is 11.9 Å². The van der Waals surface area contributed by atoms with E-state index in [2.05, 4.69) is 31.0 Å². The lowest BCUT2D eigenvalue weighted by Crippen LogP contribution is -2.46. The van der Waals surface area contributed by atoms with Gasteiger partial charge in [-0.05, 0) is 38.9 Å². The quantitative estimate of drug-likeness (QED) is 0.761. The van der Waals surface area contributed by atoms with Crippen LogP contribution in [-0.2, 0) is 4.79 Å². The van der Waals surface area contributed by atoms with E-state index in [4.69, 9.17) is 18.0 Å². The van der Waals surface area contributed by atoms with Crippen LogP contribution in [0.15, 0.2) is 24.3 Å². The molecule has 2 atom stereocenters. The van der Waals surface area contributed by atoms with Gasteiger partial charge in [0, 0.05) is 17.3 Å². The van der Waals surface area contributed by atoms with Gasteiger partial charge in [0.1, 0.15) is 4.99 Å². The maximum Gasteiger partial charge on any atom is 0.241 e. The standard InChI is InChI=1S/C16H25N3OS/c1-5-11(3)19(6-2)12(4)16(20)18-14-9-7-8-13(10-14)15(17)21/h7-12H,5-6H2,1-4H3,(H2,17,21)(H,18,20). The van der Waals surface area contributed by atoms with E-state index in [1.54, 1.807) is 6.07 Å². The van der Waals surface area contributed by atoms with E-state index in [-0.39, 0.29) is 11.9 Å². The number of nitrogens with two attached hydrogens (primary N) is 1. The molecule has 5 heteroatoms. The lowest BCUT2D eigenvalue weighted by molar-refractivity contribution is -0.121. The molecule has 0 bridgehead atoms. The predicted octanol–water partition coefficient (Wildman–Crippen LogP) is 2.77. The first-order valence-electron chi connectivity index (χ1n) is 7.37. The first-order chi connectivity index (χ1) is 9.90. The number of nitrogens with one attached hydrogen (secondary N) is 1. The SMILES string of the molecule is CCC(C)N(CC)C(C)C(=O)Nc1cccc(C(N)=S)c1. The minimum atomic E-state index is -0.182. The molecule has 0 aromatic heterocycles. The van der Waals surface area contributed by atoms with E-state index in [0.29, 0.717) is 11.0 Å². The van der Waals surface area contributed by atoms with Gasteiger partial charge in [-0.25, -0.2) is 0 Å². The maximum atomic E-state index is 12.4. The van der Waals surface area contributed by atoms with Gasteiger partial charge >= 0.3 is 0 Å². The summed E-state index contributed by atoms with van der Waals surface area (Å²) >= 11 is 4.95.